The molecule has 0 radical (unpaired) electrons. The van der Waals surface area contributed by atoms with Crippen LogP contribution in [0.3, 0.4) is 0 Å². The van der Waals surface area contributed by atoms with Gasteiger partial charge in [-0.2, -0.15) is 0 Å². The highest BCUT2D eigenvalue weighted by molar-refractivity contribution is 9.10. The van der Waals surface area contributed by atoms with E-state index >= 15 is 0 Å². The lowest BCUT2D eigenvalue weighted by Crippen LogP contribution is -1.88. The molecule has 30 heavy (non-hydrogen) atoms. The highest BCUT2D eigenvalue weighted by Crippen LogP contribution is 2.44. The van der Waals surface area contributed by atoms with E-state index in [-0.39, 0.29) is 0 Å². The molecule has 0 unspecified atom stereocenters. The summed E-state index contributed by atoms with van der Waals surface area (Å²) in [5.74, 6) is 0. The molecule has 7 rings (SSSR count). The minimum absolute atomic E-state index is 0.931. The van der Waals surface area contributed by atoms with E-state index in [2.05, 4.69) is 94.8 Å². The minimum atomic E-state index is 0.931. The van der Waals surface area contributed by atoms with Crippen molar-refractivity contribution in [3.63, 3.8) is 0 Å². The van der Waals surface area contributed by atoms with Crippen LogP contribution in [0, 0.1) is 0 Å². The topological polar surface area (TPSA) is 13.1 Å². The second-order valence-electron chi connectivity index (χ2n) is 7.86. The highest BCUT2D eigenvalue weighted by atomic mass is 79.9. The van der Waals surface area contributed by atoms with Crippen LogP contribution in [0.25, 0.3) is 65.4 Å². The molecule has 0 N–H and O–H groups in total. The molecule has 0 amide bonds. The van der Waals surface area contributed by atoms with Crippen LogP contribution in [0.5, 0.6) is 0 Å². The molecule has 7 aromatic rings. The number of benzene rings is 6. The van der Waals surface area contributed by atoms with E-state index in [1.165, 1.54) is 48.8 Å². The molecule has 0 aliphatic rings. The first-order chi connectivity index (χ1) is 14.8. The van der Waals surface area contributed by atoms with E-state index < -0.39 is 0 Å². The molecular formula is C28H15BrO. The molecule has 0 aliphatic heterocycles. The number of rotatable bonds is 1. The Morgan fingerprint density at radius 3 is 2.27 bits per heavy atom. The predicted molar refractivity (Wildman–Crippen MR) is 131 cm³/mol. The maximum atomic E-state index is 6.15. The standard InChI is InChI=1S/C28H15BrO/c29-23-15-17-6-3-5-16-11-12-20-18(13-14-21(23)28(20)26(16)17)19-8-4-10-25-27(19)22-7-1-2-9-24(22)30-25/h1-15H. The smallest absolute Gasteiger partial charge is 0.136 e. The summed E-state index contributed by atoms with van der Waals surface area (Å²) in [7, 11) is 0. The van der Waals surface area contributed by atoms with Crippen LogP contribution in [0.2, 0.25) is 0 Å². The predicted octanol–water partition coefficient (Wildman–Crippen LogP) is 8.91. The lowest BCUT2D eigenvalue weighted by atomic mass is 9.89. The molecule has 1 aromatic heterocycles. The normalized spacial score (nSPS) is 12.2. The van der Waals surface area contributed by atoms with Gasteiger partial charge >= 0.3 is 0 Å². The van der Waals surface area contributed by atoms with Gasteiger partial charge in [0.25, 0.3) is 0 Å². The van der Waals surface area contributed by atoms with Crippen molar-refractivity contribution in [2.24, 2.45) is 0 Å². The van der Waals surface area contributed by atoms with Gasteiger partial charge < -0.3 is 4.42 Å². The van der Waals surface area contributed by atoms with Crippen LogP contribution < -0.4 is 0 Å². The van der Waals surface area contributed by atoms with Gasteiger partial charge in [-0.25, -0.2) is 0 Å². The fourth-order valence-corrected chi connectivity index (χ4v) is 5.60. The first-order valence-corrected chi connectivity index (χ1v) is 10.9. The van der Waals surface area contributed by atoms with Crippen LogP contribution in [0.15, 0.2) is 99.9 Å². The number of halogens is 1. The van der Waals surface area contributed by atoms with Crippen molar-refractivity contribution in [2.75, 3.05) is 0 Å². The quantitative estimate of drug-likeness (QED) is 0.229. The molecule has 140 valence electrons. The maximum absolute atomic E-state index is 6.15. The van der Waals surface area contributed by atoms with Crippen molar-refractivity contribution in [3.05, 3.63) is 95.5 Å². The number of furan rings is 1. The molecule has 0 aliphatic carbocycles. The summed E-state index contributed by atoms with van der Waals surface area (Å²) >= 11 is 3.81. The molecule has 1 heterocycles. The van der Waals surface area contributed by atoms with Crippen LogP contribution in [0.4, 0.5) is 0 Å². The fourth-order valence-electron chi connectivity index (χ4n) is 5.02. The van der Waals surface area contributed by atoms with Gasteiger partial charge in [0, 0.05) is 15.2 Å². The molecular weight excluding hydrogens is 432 g/mol. The van der Waals surface area contributed by atoms with E-state index in [1.54, 1.807) is 0 Å². The second kappa shape index (κ2) is 5.84. The average molecular weight is 447 g/mol. The molecule has 0 fully saturated rings. The highest BCUT2D eigenvalue weighted by Gasteiger charge is 2.17. The van der Waals surface area contributed by atoms with E-state index in [1.807, 2.05) is 12.1 Å². The zero-order valence-electron chi connectivity index (χ0n) is 15.9. The Morgan fingerprint density at radius 1 is 0.500 bits per heavy atom. The zero-order chi connectivity index (χ0) is 19.8. The lowest BCUT2D eigenvalue weighted by Gasteiger charge is -2.16. The third-order valence-corrected chi connectivity index (χ3v) is 6.94. The average Bonchev–Trinajstić information content (AvgIpc) is 3.17. The minimum Gasteiger partial charge on any atom is -0.456 e. The van der Waals surface area contributed by atoms with Gasteiger partial charge in [0.05, 0.1) is 0 Å². The van der Waals surface area contributed by atoms with E-state index in [9.17, 15) is 0 Å². The van der Waals surface area contributed by atoms with Gasteiger partial charge in [-0.05, 0) is 61.6 Å². The summed E-state index contributed by atoms with van der Waals surface area (Å²) in [6.07, 6.45) is 0. The summed E-state index contributed by atoms with van der Waals surface area (Å²) in [5.41, 5.74) is 4.32. The van der Waals surface area contributed by atoms with Gasteiger partial charge in [-0.1, -0.05) is 88.7 Å². The number of fused-ring (bicyclic) bond motifs is 3. The van der Waals surface area contributed by atoms with Crippen molar-refractivity contribution in [3.8, 4) is 11.1 Å². The van der Waals surface area contributed by atoms with E-state index in [0.717, 1.165) is 21.0 Å². The Labute approximate surface area is 181 Å². The van der Waals surface area contributed by atoms with Crippen LogP contribution in [-0.4, -0.2) is 0 Å². The number of hydrogen-bond acceptors (Lipinski definition) is 1. The second-order valence-corrected chi connectivity index (χ2v) is 8.72. The van der Waals surface area contributed by atoms with Crippen LogP contribution in [0.1, 0.15) is 0 Å². The third-order valence-electron chi connectivity index (χ3n) is 6.29. The Balaban J connectivity index is 1.70. The van der Waals surface area contributed by atoms with E-state index in [0.29, 0.717) is 0 Å². The van der Waals surface area contributed by atoms with Crippen molar-refractivity contribution < 1.29 is 4.42 Å². The molecule has 0 saturated carbocycles. The lowest BCUT2D eigenvalue weighted by molar-refractivity contribution is 0.669. The molecule has 2 heteroatoms. The van der Waals surface area contributed by atoms with Crippen LogP contribution >= 0.6 is 15.9 Å². The Kier molecular flexibility index (Phi) is 3.20. The largest absolute Gasteiger partial charge is 0.456 e. The molecule has 1 nitrogen and oxygen atoms in total. The summed E-state index contributed by atoms with van der Waals surface area (Å²) in [5, 5.41) is 10.1. The third kappa shape index (κ3) is 2.07. The van der Waals surface area contributed by atoms with Crippen molar-refractivity contribution in [1.82, 2.24) is 0 Å². The number of hydrogen-bond donors (Lipinski definition) is 0. The summed E-state index contributed by atoms with van der Waals surface area (Å²) in [6.45, 7) is 0. The zero-order valence-corrected chi connectivity index (χ0v) is 17.5. The van der Waals surface area contributed by atoms with Crippen molar-refractivity contribution in [2.45, 2.75) is 0 Å². The van der Waals surface area contributed by atoms with Gasteiger partial charge in [0.2, 0.25) is 0 Å². The number of para-hydroxylation sites is 1. The molecule has 0 atom stereocenters. The van der Waals surface area contributed by atoms with Crippen molar-refractivity contribution >= 4 is 70.2 Å². The summed E-state index contributed by atoms with van der Waals surface area (Å²) in [4.78, 5) is 0. The Morgan fingerprint density at radius 2 is 1.30 bits per heavy atom. The van der Waals surface area contributed by atoms with Crippen LogP contribution in [-0.2, 0) is 0 Å². The van der Waals surface area contributed by atoms with Gasteiger partial charge in [-0.15, -0.1) is 0 Å². The van der Waals surface area contributed by atoms with E-state index in [4.69, 9.17) is 4.42 Å². The Hall–Kier alpha value is -3.36. The monoisotopic (exact) mass is 446 g/mol. The summed E-state index contributed by atoms with van der Waals surface area (Å²) < 4.78 is 7.29. The molecule has 6 aromatic carbocycles. The first-order valence-electron chi connectivity index (χ1n) is 10.1. The van der Waals surface area contributed by atoms with Gasteiger partial charge in [0.1, 0.15) is 11.2 Å². The molecule has 0 saturated heterocycles. The maximum Gasteiger partial charge on any atom is 0.136 e. The van der Waals surface area contributed by atoms with Crippen molar-refractivity contribution in [1.29, 1.82) is 0 Å². The Bertz CT molecular complexity index is 1760. The van der Waals surface area contributed by atoms with Gasteiger partial charge in [0.15, 0.2) is 0 Å². The molecule has 0 spiro atoms. The first kappa shape index (κ1) is 16.4. The fraction of sp³-hybridized carbons (Fsp3) is 0. The SMILES string of the molecule is Brc1cc2cccc3ccc4c(-c5cccc6oc7ccccc7c56)ccc1c4c32. The van der Waals surface area contributed by atoms with Gasteiger partial charge in [-0.3, -0.25) is 0 Å². The molecule has 0 bridgehead atoms. The summed E-state index contributed by atoms with van der Waals surface area (Å²) in [6, 6.07) is 32.4.